The molecule has 0 atom stereocenters. The first-order chi connectivity index (χ1) is 18.7. The number of ketones is 1. The number of nitriles is 1. The van der Waals surface area contributed by atoms with Gasteiger partial charge in [-0.05, 0) is 63.7 Å². The van der Waals surface area contributed by atoms with E-state index in [4.69, 9.17) is 14.3 Å². The molecule has 3 aromatic rings. The number of allylic oxidation sites excluding steroid dienone is 1. The molecule has 0 saturated heterocycles. The Morgan fingerprint density at radius 1 is 1.48 bits per heavy atom. The summed E-state index contributed by atoms with van der Waals surface area (Å²) in [6, 6.07) is 4.89. The van der Waals surface area contributed by atoms with Crippen LogP contribution in [0.15, 0.2) is 48.6 Å². The lowest BCUT2D eigenvalue weighted by atomic mass is 10.0. The van der Waals surface area contributed by atoms with E-state index in [1.54, 1.807) is 13.8 Å². The maximum absolute atomic E-state index is 13.9. The van der Waals surface area contributed by atoms with Crippen molar-refractivity contribution in [3.05, 3.63) is 71.1 Å². The monoisotopic (exact) mass is 453 g/mol. The molecule has 2 aromatic carbocycles. The molecule has 1 heterocycles. The van der Waals surface area contributed by atoms with Gasteiger partial charge in [0.05, 0.1) is 28.9 Å². The van der Waals surface area contributed by atoms with Crippen LogP contribution in [-0.4, -0.2) is 42.8 Å². The van der Waals surface area contributed by atoms with E-state index in [9.17, 15) is 14.4 Å². The van der Waals surface area contributed by atoms with Crippen molar-refractivity contribution < 1.29 is 23.5 Å². The predicted octanol–water partition coefficient (Wildman–Crippen LogP) is 4.93. The maximum atomic E-state index is 13.9. The van der Waals surface area contributed by atoms with Crippen molar-refractivity contribution in [2.75, 3.05) is 32.5 Å². The Kier molecular flexibility index (Phi) is 5.17. The molecule has 7 heteroatoms. The third kappa shape index (κ3) is 5.93. The molecule has 0 saturated carbocycles. The largest absolute Gasteiger partial charge is 0.494 e. The van der Waals surface area contributed by atoms with Crippen LogP contribution in [0, 0.1) is 24.1 Å². The van der Waals surface area contributed by atoms with Crippen molar-refractivity contribution in [1.29, 1.82) is 5.26 Å². The van der Waals surface area contributed by atoms with Crippen LogP contribution in [0.3, 0.4) is 0 Å². The molecule has 0 aliphatic rings. The second kappa shape index (κ2) is 10.7. The van der Waals surface area contributed by atoms with Crippen LogP contribution < -0.4 is 10.1 Å². The molecular formula is C26H27FN4O2. The third-order valence-electron chi connectivity index (χ3n) is 4.59. The maximum Gasteiger partial charge on any atom is 0.159 e. The average molecular weight is 454 g/mol. The lowest BCUT2D eigenvalue weighted by Gasteiger charge is -2.15. The Balaban J connectivity index is 2.22. The lowest BCUT2D eigenvalue weighted by molar-refractivity contribution is -0.114. The van der Waals surface area contributed by atoms with Crippen LogP contribution in [0.2, 0.25) is 0 Å². The number of carbonyl (C=O) groups is 1. The van der Waals surface area contributed by atoms with Gasteiger partial charge in [0, 0.05) is 45.9 Å². The fourth-order valence-electron chi connectivity index (χ4n) is 3.04. The highest BCUT2D eigenvalue weighted by Gasteiger charge is 2.16. The number of rotatable bonds is 9. The Morgan fingerprint density at radius 2 is 2.30 bits per heavy atom. The minimum Gasteiger partial charge on any atom is -0.494 e. The number of aryl methyl sites for hydroxylation is 1. The van der Waals surface area contributed by atoms with Crippen molar-refractivity contribution >= 4 is 28.1 Å². The van der Waals surface area contributed by atoms with Crippen LogP contribution >= 0.6 is 0 Å². The zero-order valence-corrected chi connectivity index (χ0v) is 18.5. The number of nitrogens with one attached hydrogen (secondary N) is 1. The molecule has 170 valence electrons. The number of anilines is 2. The van der Waals surface area contributed by atoms with Crippen LogP contribution in [0.1, 0.15) is 33.2 Å². The smallest absolute Gasteiger partial charge is 0.159 e. The highest BCUT2D eigenvalue weighted by Crippen LogP contribution is 2.34. The molecule has 0 spiro atoms. The van der Waals surface area contributed by atoms with E-state index in [2.05, 4.69) is 10.3 Å². The van der Waals surface area contributed by atoms with Crippen LogP contribution in [-0.2, 0) is 11.2 Å². The minimum absolute atomic E-state index is 0.0142. The first kappa shape index (κ1) is 15.9. The SMILES string of the molecule is [2H]/C(=C\CN(C)C([2H])([2H])[2H])C(=O)Cc1c(OCC)c([2H])c2nc([2H])c(C#N)c(Nc3ccc(F)c(C)c3)c2c1[2H]. The zero-order valence-electron chi connectivity index (χ0n) is 25.5. The van der Waals surface area contributed by atoms with Crippen molar-refractivity contribution in [3.8, 4) is 11.8 Å². The number of nitrogens with zero attached hydrogens (tertiary/aromatic N) is 3. The van der Waals surface area contributed by atoms with Crippen LogP contribution in [0.4, 0.5) is 15.8 Å². The molecule has 0 aliphatic carbocycles. The van der Waals surface area contributed by atoms with Crippen molar-refractivity contribution in [2.45, 2.75) is 20.3 Å². The molecule has 0 amide bonds. The number of hydrogen-bond donors (Lipinski definition) is 1. The summed E-state index contributed by atoms with van der Waals surface area (Å²) < 4.78 is 75.8. The third-order valence-corrected chi connectivity index (χ3v) is 4.59. The average Bonchev–Trinajstić information content (AvgIpc) is 2.88. The first-order valence-corrected chi connectivity index (χ1v) is 10.1. The zero-order chi connectivity index (χ0) is 29.9. The summed E-state index contributed by atoms with van der Waals surface area (Å²) in [6.45, 7) is 0.662. The van der Waals surface area contributed by atoms with Gasteiger partial charge in [-0.3, -0.25) is 9.78 Å². The fourth-order valence-corrected chi connectivity index (χ4v) is 3.04. The van der Waals surface area contributed by atoms with E-state index < -0.39 is 37.2 Å². The number of fused-ring (bicyclic) bond motifs is 1. The van der Waals surface area contributed by atoms with Gasteiger partial charge < -0.3 is 15.0 Å². The number of aromatic nitrogens is 1. The number of benzene rings is 2. The first-order valence-electron chi connectivity index (χ1n) is 13.6. The molecule has 3 rings (SSSR count). The molecule has 1 aromatic heterocycles. The Morgan fingerprint density at radius 3 is 3.00 bits per heavy atom. The van der Waals surface area contributed by atoms with Gasteiger partial charge in [0.1, 0.15) is 17.6 Å². The quantitative estimate of drug-likeness (QED) is 0.463. The van der Waals surface area contributed by atoms with Gasteiger partial charge in [0.2, 0.25) is 0 Å². The highest BCUT2D eigenvalue weighted by molar-refractivity contribution is 5.98. The summed E-state index contributed by atoms with van der Waals surface area (Å²) in [4.78, 5) is 18.0. The summed E-state index contributed by atoms with van der Waals surface area (Å²) in [7, 11) is 1.32. The lowest BCUT2D eigenvalue weighted by Crippen LogP contribution is -2.11. The normalized spacial score (nSPS) is 14.9. The van der Waals surface area contributed by atoms with E-state index in [-0.39, 0.29) is 58.7 Å². The van der Waals surface area contributed by atoms with E-state index >= 15 is 0 Å². The van der Waals surface area contributed by atoms with Gasteiger partial charge in [0.25, 0.3) is 0 Å². The second-order valence-corrected chi connectivity index (χ2v) is 7.22. The van der Waals surface area contributed by atoms with Gasteiger partial charge >= 0.3 is 0 Å². The number of halogens is 1. The summed E-state index contributed by atoms with van der Waals surface area (Å²) >= 11 is 0. The van der Waals surface area contributed by atoms with E-state index in [1.807, 2.05) is 6.07 Å². The van der Waals surface area contributed by atoms with Crippen molar-refractivity contribution in [3.63, 3.8) is 0 Å². The Bertz CT molecular complexity index is 1550. The molecule has 1 N–H and O–H groups in total. The highest BCUT2D eigenvalue weighted by atomic mass is 19.1. The molecule has 0 aliphatic heterocycles. The number of pyridine rings is 1. The second-order valence-electron chi connectivity index (χ2n) is 7.22. The molecule has 0 bridgehead atoms. The Labute approximate surface area is 203 Å². The molecular weight excluding hydrogens is 419 g/mol. The van der Waals surface area contributed by atoms with E-state index in [1.165, 1.54) is 25.2 Å². The number of likely N-dealkylation sites (N-methyl/N-ethyl adjacent to an activating group) is 1. The fraction of sp³-hybridized carbons (Fsp3) is 0.269. The molecule has 0 unspecified atom stereocenters. The summed E-state index contributed by atoms with van der Waals surface area (Å²) in [5, 5.41) is 12.7. The standard InChI is InChI=1S/C26H27FN4O2/c1-5-33-25-14-24-22(13-18(25)12-21(32)7-6-10-31(3)4)26(19(15-28)16-29-24)30-20-8-9-23(27)17(2)11-20/h6-9,11,13-14,16H,5,10,12H2,1-4H3,(H,29,30)/b7-6+/i3D3,7D,13D,14D,16D. The van der Waals surface area contributed by atoms with Gasteiger partial charge in [-0.1, -0.05) is 6.08 Å². The van der Waals surface area contributed by atoms with Crippen molar-refractivity contribution in [2.24, 2.45) is 0 Å². The molecule has 0 fully saturated rings. The summed E-state index contributed by atoms with van der Waals surface area (Å²) in [5.74, 6) is -1.32. The van der Waals surface area contributed by atoms with E-state index in [0.29, 0.717) is 11.3 Å². The van der Waals surface area contributed by atoms with Crippen LogP contribution in [0.5, 0.6) is 5.75 Å². The van der Waals surface area contributed by atoms with Gasteiger partial charge in [0.15, 0.2) is 5.78 Å². The number of ether oxygens (including phenoxy) is 1. The molecule has 6 nitrogen and oxygen atoms in total. The number of carbonyl (C=O) groups excluding carboxylic acids is 1. The summed E-state index contributed by atoms with van der Waals surface area (Å²) in [6.07, 6.45) is 0.167. The molecule has 0 radical (unpaired) electrons. The summed E-state index contributed by atoms with van der Waals surface area (Å²) in [5.41, 5.74) is 0.278. The van der Waals surface area contributed by atoms with Gasteiger partial charge in [-0.15, -0.1) is 0 Å². The van der Waals surface area contributed by atoms with Gasteiger partial charge in [-0.25, -0.2) is 4.39 Å². The number of hydrogen-bond acceptors (Lipinski definition) is 6. The minimum atomic E-state index is -2.41. The Hall–Kier alpha value is -3.76. The molecule has 33 heavy (non-hydrogen) atoms. The van der Waals surface area contributed by atoms with Crippen LogP contribution in [0.25, 0.3) is 10.9 Å². The van der Waals surface area contributed by atoms with E-state index in [0.717, 1.165) is 11.0 Å². The van der Waals surface area contributed by atoms with Gasteiger partial charge in [-0.2, -0.15) is 5.26 Å². The topological polar surface area (TPSA) is 78.2 Å². The van der Waals surface area contributed by atoms with Crippen molar-refractivity contribution in [1.82, 2.24) is 9.88 Å². The predicted molar refractivity (Wildman–Crippen MR) is 128 cm³/mol.